The van der Waals surface area contributed by atoms with Gasteiger partial charge in [0.1, 0.15) is 5.75 Å². The lowest BCUT2D eigenvalue weighted by Crippen LogP contribution is -2.49. The van der Waals surface area contributed by atoms with Crippen LogP contribution in [0.5, 0.6) is 5.75 Å². The monoisotopic (exact) mass is 463 g/mol. The Morgan fingerprint density at radius 1 is 1.16 bits per heavy atom. The lowest BCUT2D eigenvalue weighted by atomic mass is 9.92. The molecule has 2 aromatic rings. The fraction of sp³-hybridized carbons (Fsp3) is 0.524. The predicted octanol–water partition coefficient (Wildman–Crippen LogP) is 3.36. The van der Waals surface area contributed by atoms with Gasteiger partial charge >= 0.3 is 0 Å². The molecule has 1 fully saturated rings. The molecular formula is C21H29N5O3S2. The van der Waals surface area contributed by atoms with Gasteiger partial charge in [-0.1, -0.05) is 56.0 Å². The summed E-state index contributed by atoms with van der Waals surface area (Å²) in [7, 11) is 1.67. The molecule has 1 aliphatic heterocycles. The molecule has 3 rings (SSSR count). The van der Waals surface area contributed by atoms with Crippen molar-refractivity contribution in [3.05, 3.63) is 24.3 Å². The van der Waals surface area contributed by atoms with Gasteiger partial charge in [-0.2, -0.15) is 0 Å². The van der Waals surface area contributed by atoms with E-state index in [1.165, 1.54) is 23.1 Å². The summed E-state index contributed by atoms with van der Waals surface area (Å²) in [5, 5.41) is 11.3. The third kappa shape index (κ3) is 6.83. The highest BCUT2D eigenvalue weighted by Gasteiger charge is 2.23. The van der Waals surface area contributed by atoms with Crippen LogP contribution < -0.4 is 15.0 Å². The normalized spacial score (nSPS) is 14.5. The first-order chi connectivity index (χ1) is 14.7. The number of benzene rings is 1. The van der Waals surface area contributed by atoms with E-state index in [1.54, 1.807) is 7.11 Å². The van der Waals surface area contributed by atoms with Crippen LogP contribution in [-0.2, 0) is 9.59 Å². The summed E-state index contributed by atoms with van der Waals surface area (Å²) in [4.78, 5) is 28.8. The average Bonchev–Trinajstić information content (AvgIpc) is 3.17. The first kappa shape index (κ1) is 23.3. The van der Waals surface area contributed by atoms with Crippen LogP contribution in [-0.4, -0.2) is 66.0 Å². The number of amides is 2. The van der Waals surface area contributed by atoms with Crippen molar-refractivity contribution in [1.82, 2.24) is 15.1 Å². The second-order valence-electron chi connectivity index (χ2n) is 8.49. The maximum atomic E-state index is 12.6. The molecule has 8 nitrogen and oxygen atoms in total. The number of anilines is 2. The van der Waals surface area contributed by atoms with Gasteiger partial charge in [0.05, 0.1) is 18.6 Å². The molecule has 1 aromatic heterocycles. The highest BCUT2D eigenvalue weighted by atomic mass is 32.2. The zero-order chi connectivity index (χ0) is 22.4. The van der Waals surface area contributed by atoms with E-state index in [9.17, 15) is 9.59 Å². The third-order valence-electron chi connectivity index (χ3n) is 4.72. The van der Waals surface area contributed by atoms with E-state index in [0.29, 0.717) is 34.7 Å². The molecular weight excluding hydrogens is 434 g/mol. The van der Waals surface area contributed by atoms with Gasteiger partial charge in [0.2, 0.25) is 16.9 Å². The van der Waals surface area contributed by atoms with Gasteiger partial charge < -0.3 is 19.9 Å². The Hall–Kier alpha value is -2.33. The minimum absolute atomic E-state index is 0.0795. The van der Waals surface area contributed by atoms with Gasteiger partial charge in [0.15, 0.2) is 4.34 Å². The Labute approximate surface area is 191 Å². The molecule has 0 aliphatic carbocycles. The molecule has 0 bridgehead atoms. The molecule has 0 unspecified atom stereocenters. The number of nitrogens with zero attached hydrogens (tertiary/aromatic N) is 4. The molecule has 2 heterocycles. The number of carbonyl (C=O) groups excluding carboxylic acids is 2. The molecule has 1 aromatic carbocycles. The van der Waals surface area contributed by atoms with Crippen molar-refractivity contribution in [2.75, 3.05) is 49.3 Å². The Kier molecular flexibility index (Phi) is 7.77. The van der Waals surface area contributed by atoms with Gasteiger partial charge in [0.25, 0.3) is 0 Å². The zero-order valence-corrected chi connectivity index (χ0v) is 20.0. The SMILES string of the molecule is COc1ccccc1N1CCN(C(=O)CSc2nnc(NC(=O)CC(C)(C)C)s2)CC1. The van der Waals surface area contributed by atoms with E-state index < -0.39 is 0 Å². The molecule has 0 radical (unpaired) electrons. The van der Waals surface area contributed by atoms with Crippen LogP contribution >= 0.6 is 23.1 Å². The highest BCUT2D eigenvalue weighted by Crippen LogP contribution is 2.29. The maximum absolute atomic E-state index is 12.6. The van der Waals surface area contributed by atoms with E-state index >= 15 is 0 Å². The zero-order valence-electron chi connectivity index (χ0n) is 18.4. The minimum atomic E-state index is -0.0889. The van der Waals surface area contributed by atoms with E-state index in [4.69, 9.17) is 4.74 Å². The van der Waals surface area contributed by atoms with Crippen LogP contribution in [0.4, 0.5) is 10.8 Å². The Morgan fingerprint density at radius 3 is 2.55 bits per heavy atom. The summed E-state index contributed by atoms with van der Waals surface area (Å²) in [6.07, 6.45) is 0.411. The van der Waals surface area contributed by atoms with Crippen molar-refractivity contribution in [2.24, 2.45) is 5.41 Å². The molecule has 0 atom stereocenters. The van der Waals surface area contributed by atoms with E-state index in [2.05, 4.69) is 20.4 Å². The number of thioether (sulfide) groups is 1. The van der Waals surface area contributed by atoms with Crippen molar-refractivity contribution in [3.8, 4) is 5.75 Å². The molecule has 0 spiro atoms. The number of piperazine rings is 1. The molecule has 31 heavy (non-hydrogen) atoms. The van der Waals surface area contributed by atoms with Crippen molar-refractivity contribution in [2.45, 2.75) is 31.5 Å². The largest absolute Gasteiger partial charge is 0.495 e. The van der Waals surface area contributed by atoms with Gasteiger partial charge in [-0.3, -0.25) is 9.59 Å². The van der Waals surface area contributed by atoms with Crippen LogP contribution in [0.15, 0.2) is 28.6 Å². The lowest BCUT2D eigenvalue weighted by molar-refractivity contribution is -0.128. The van der Waals surface area contributed by atoms with E-state index in [1.807, 2.05) is 49.9 Å². The molecule has 168 valence electrons. The Balaban J connectivity index is 1.45. The van der Waals surface area contributed by atoms with Crippen molar-refractivity contribution in [3.63, 3.8) is 0 Å². The van der Waals surface area contributed by atoms with Crippen molar-refractivity contribution < 1.29 is 14.3 Å². The Bertz CT molecular complexity index is 904. The molecule has 0 saturated carbocycles. The fourth-order valence-corrected chi connectivity index (χ4v) is 4.94. The second-order valence-corrected chi connectivity index (χ2v) is 10.7. The maximum Gasteiger partial charge on any atom is 0.233 e. The Morgan fingerprint density at radius 2 is 1.87 bits per heavy atom. The summed E-state index contributed by atoms with van der Waals surface area (Å²) in [6, 6.07) is 7.94. The summed E-state index contributed by atoms with van der Waals surface area (Å²) in [6.45, 7) is 8.89. The quantitative estimate of drug-likeness (QED) is 0.498. The molecule has 10 heteroatoms. The molecule has 1 N–H and O–H groups in total. The van der Waals surface area contributed by atoms with E-state index in [0.717, 1.165) is 24.5 Å². The fourth-order valence-electron chi connectivity index (χ4n) is 3.27. The standard InChI is InChI=1S/C21H29N5O3S2/c1-21(2,3)13-17(27)22-19-23-24-20(31-19)30-14-18(28)26-11-9-25(10-12-26)15-7-5-6-8-16(15)29-4/h5-8H,9-14H2,1-4H3,(H,22,23,27). The number of hydrogen-bond acceptors (Lipinski definition) is 8. The topological polar surface area (TPSA) is 87.7 Å². The van der Waals surface area contributed by atoms with Crippen molar-refractivity contribution >= 4 is 45.7 Å². The van der Waals surface area contributed by atoms with Crippen LogP contribution in [0, 0.1) is 5.41 Å². The first-order valence-corrected chi connectivity index (χ1v) is 12.0. The number of hydrogen-bond donors (Lipinski definition) is 1. The van der Waals surface area contributed by atoms with Gasteiger partial charge in [0, 0.05) is 32.6 Å². The number of nitrogens with one attached hydrogen (secondary N) is 1. The van der Waals surface area contributed by atoms with Crippen molar-refractivity contribution in [1.29, 1.82) is 0 Å². The second kappa shape index (κ2) is 10.3. The number of methoxy groups -OCH3 is 1. The minimum Gasteiger partial charge on any atom is -0.495 e. The number of carbonyl (C=O) groups is 2. The third-order valence-corrected chi connectivity index (χ3v) is 6.68. The first-order valence-electron chi connectivity index (χ1n) is 10.2. The van der Waals surface area contributed by atoms with Gasteiger partial charge in [-0.05, 0) is 17.5 Å². The predicted molar refractivity (Wildman–Crippen MR) is 125 cm³/mol. The summed E-state index contributed by atoms with van der Waals surface area (Å²) in [5.41, 5.74) is 0.968. The van der Waals surface area contributed by atoms with Crippen LogP contribution in [0.1, 0.15) is 27.2 Å². The summed E-state index contributed by atoms with van der Waals surface area (Å²) >= 11 is 2.65. The number of ether oxygens (including phenoxy) is 1. The van der Waals surface area contributed by atoms with Crippen LogP contribution in [0.25, 0.3) is 0 Å². The average molecular weight is 464 g/mol. The molecule has 1 saturated heterocycles. The van der Waals surface area contributed by atoms with Gasteiger partial charge in [-0.25, -0.2) is 0 Å². The number of rotatable bonds is 7. The number of para-hydroxylation sites is 2. The number of aromatic nitrogens is 2. The van der Waals surface area contributed by atoms with E-state index in [-0.39, 0.29) is 17.2 Å². The lowest BCUT2D eigenvalue weighted by Gasteiger charge is -2.36. The summed E-state index contributed by atoms with van der Waals surface area (Å²) in [5.74, 6) is 1.15. The molecule has 2 amide bonds. The molecule has 1 aliphatic rings. The summed E-state index contributed by atoms with van der Waals surface area (Å²) < 4.78 is 6.12. The van der Waals surface area contributed by atoms with Gasteiger partial charge in [-0.15, -0.1) is 10.2 Å². The highest BCUT2D eigenvalue weighted by molar-refractivity contribution is 8.01. The van der Waals surface area contributed by atoms with Crippen LogP contribution in [0.2, 0.25) is 0 Å². The smallest absolute Gasteiger partial charge is 0.233 e. The van der Waals surface area contributed by atoms with Crippen LogP contribution in [0.3, 0.4) is 0 Å².